The van der Waals surface area contributed by atoms with Crippen LogP contribution in [0.1, 0.15) is 11.4 Å². The van der Waals surface area contributed by atoms with Gasteiger partial charge in [-0.3, -0.25) is 4.79 Å². The summed E-state index contributed by atoms with van der Waals surface area (Å²) in [5, 5.41) is 6.81. The van der Waals surface area contributed by atoms with Gasteiger partial charge in [0.1, 0.15) is 5.75 Å². The number of thiazole rings is 1. The monoisotopic (exact) mass is 279 g/mol. The van der Waals surface area contributed by atoms with E-state index in [1.807, 2.05) is 26.1 Å². The molecule has 6 heteroatoms. The predicted molar refractivity (Wildman–Crippen MR) is 78.1 cm³/mol. The highest BCUT2D eigenvalue weighted by Gasteiger charge is 2.11. The van der Waals surface area contributed by atoms with Crippen LogP contribution >= 0.6 is 11.3 Å². The predicted octanol–water partition coefficient (Wildman–Crippen LogP) is 2.16. The Hall–Kier alpha value is -1.66. The third-order valence-corrected chi connectivity index (χ3v) is 3.63. The molecule has 0 radical (unpaired) electrons. The second-order valence-corrected chi connectivity index (χ2v) is 5.39. The van der Waals surface area contributed by atoms with Crippen LogP contribution in [0, 0.1) is 6.92 Å². The molecule has 0 aliphatic carbocycles. The van der Waals surface area contributed by atoms with Crippen LogP contribution in [-0.2, 0) is 4.79 Å². The number of fused-ring (bicyclic) bond motifs is 1. The highest BCUT2D eigenvalue weighted by molar-refractivity contribution is 7.18. The lowest BCUT2D eigenvalue weighted by Crippen LogP contribution is -2.19. The van der Waals surface area contributed by atoms with Crippen molar-refractivity contribution in [1.29, 1.82) is 0 Å². The Balaban J connectivity index is 2.27. The third-order valence-electron chi connectivity index (χ3n) is 2.69. The van der Waals surface area contributed by atoms with Crippen molar-refractivity contribution < 1.29 is 9.53 Å². The molecule has 1 heterocycles. The van der Waals surface area contributed by atoms with Crippen LogP contribution < -0.4 is 15.4 Å². The Morgan fingerprint density at radius 2 is 2.26 bits per heavy atom. The molecule has 2 aromatic rings. The number of nitrogens with one attached hydrogen (secondary N) is 2. The third kappa shape index (κ3) is 3.21. The van der Waals surface area contributed by atoms with Crippen molar-refractivity contribution >= 4 is 33.1 Å². The van der Waals surface area contributed by atoms with Gasteiger partial charge in [-0.15, -0.1) is 11.3 Å². The van der Waals surface area contributed by atoms with Gasteiger partial charge >= 0.3 is 0 Å². The molecule has 0 saturated heterocycles. The van der Waals surface area contributed by atoms with Crippen molar-refractivity contribution in [2.45, 2.75) is 13.3 Å². The quantitative estimate of drug-likeness (QED) is 0.880. The molecule has 0 bridgehead atoms. The van der Waals surface area contributed by atoms with Crippen molar-refractivity contribution in [3.05, 3.63) is 17.1 Å². The minimum absolute atomic E-state index is 0.0340. The Bertz CT molecular complexity index is 595. The zero-order valence-corrected chi connectivity index (χ0v) is 12.1. The topological polar surface area (TPSA) is 63.2 Å². The first kappa shape index (κ1) is 13.8. The van der Waals surface area contributed by atoms with Gasteiger partial charge in [-0.25, -0.2) is 4.98 Å². The van der Waals surface area contributed by atoms with Crippen LogP contribution in [0.2, 0.25) is 0 Å². The molecule has 0 unspecified atom stereocenters. The second kappa shape index (κ2) is 5.99. The number of rotatable bonds is 5. The van der Waals surface area contributed by atoms with Gasteiger partial charge in [0.25, 0.3) is 0 Å². The normalized spacial score (nSPS) is 10.7. The summed E-state index contributed by atoms with van der Waals surface area (Å²) in [7, 11) is 3.41. The maximum Gasteiger partial charge on any atom is 0.225 e. The van der Waals surface area contributed by atoms with E-state index in [1.165, 1.54) is 0 Å². The summed E-state index contributed by atoms with van der Waals surface area (Å²) in [6.07, 6.45) is 0.430. The molecular weight excluding hydrogens is 262 g/mol. The Morgan fingerprint density at radius 3 is 2.95 bits per heavy atom. The van der Waals surface area contributed by atoms with Gasteiger partial charge in [0.15, 0.2) is 0 Å². The first-order valence-electron chi connectivity index (χ1n) is 6.03. The molecule has 0 fully saturated rings. The van der Waals surface area contributed by atoms with E-state index in [9.17, 15) is 4.79 Å². The number of carbonyl (C=O) groups is 1. The van der Waals surface area contributed by atoms with Gasteiger partial charge in [-0.1, -0.05) is 0 Å². The number of methoxy groups -OCH3 is 1. The molecule has 1 aromatic carbocycles. The number of aromatic nitrogens is 1. The molecular formula is C13H17N3O2S. The molecule has 1 amide bonds. The van der Waals surface area contributed by atoms with Crippen LogP contribution in [0.25, 0.3) is 10.2 Å². The number of amides is 1. The van der Waals surface area contributed by atoms with Crippen molar-refractivity contribution in [3.63, 3.8) is 0 Å². The first-order valence-corrected chi connectivity index (χ1v) is 6.85. The minimum Gasteiger partial charge on any atom is -0.494 e. The van der Waals surface area contributed by atoms with Crippen molar-refractivity contribution in [2.24, 2.45) is 0 Å². The smallest absolute Gasteiger partial charge is 0.225 e. The highest BCUT2D eigenvalue weighted by atomic mass is 32.1. The molecule has 0 atom stereocenters. The van der Waals surface area contributed by atoms with Gasteiger partial charge in [-0.2, -0.15) is 0 Å². The molecule has 102 valence electrons. The molecule has 5 nitrogen and oxygen atoms in total. The molecule has 0 spiro atoms. The van der Waals surface area contributed by atoms with E-state index >= 15 is 0 Å². The number of hydrogen-bond donors (Lipinski definition) is 2. The SMILES string of the molecule is CNCCC(=O)Nc1cc2sc(C)nc2cc1OC. The van der Waals surface area contributed by atoms with E-state index in [2.05, 4.69) is 15.6 Å². The largest absolute Gasteiger partial charge is 0.494 e. The summed E-state index contributed by atoms with van der Waals surface area (Å²) in [5.74, 6) is 0.601. The van der Waals surface area contributed by atoms with E-state index in [1.54, 1.807) is 18.4 Å². The standard InChI is InChI=1S/C13H17N3O2S/c1-8-15-10-6-11(18-3)9(7-12(10)19-8)16-13(17)4-5-14-2/h6-7,14H,4-5H2,1-3H3,(H,16,17). The first-order chi connectivity index (χ1) is 9.13. The summed E-state index contributed by atoms with van der Waals surface area (Å²) in [6, 6.07) is 3.77. The maximum absolute atomic E-state index is 11.8. The van der Waals surface area contributed by atoms with Gasteiger partial charge in [0.2, 0.25) is 5.91 Å². The number of anilines is 1. The second-order valence-electron chi connectivity index (χ2n) is 4.15. The summed E-state index contributed by atoms with van der Waals surface area (Å²) in [4.78, 5) is 16.2. The van der Waals surface area contributed by atoms with E-state index in [0.717, 1.165) is 15.2 Å². The van der Waals surface area contributed by atoms with Crippen molar-refractivity contribution in [1.82, 2.24) is 10.3 Å². The number of ether oxygens (including phenoxy) is 1. The summed E-state index contributed by atoms with van der Waals surface area (Å²) >= 11 is 1.60. The van der Waals surface area contributed by atoms with Crippen molar-refractivity contribution in [2.75, 3.05) is 26.0 Å². The Kier molecular flexibility index (Phi) is 4.34. The van der Waals surface area contributed by atoms with Crippen LogP contribution in [0.15, 0.2) is 12.1 Å². The van der Waals surface area contributed by atoms with Gasteiger partial charge < -0.3 is 15.4 Å². The summed E-state index contributed by atoms with van der Waals surface area (Å²) in [6.45, 7) is 2.61. The van der Waals surface area contributed by atoms with Gasteiger partial charge in [-0.05, 0) is 20.0 Å². The van der Waals surface area contributed by atoms with Gasteiger partial charge in [0, 0.05) is 19.0 Å². The van der Waals surface area contributed by atoms with E-state index < -0.39 is 0 Å². The average molecular weight is 279 g/mol. The molecule has 0 saturated carbocycles. The average Bonchev–Trinajstić information content (AvgIpc) is 2.74. The minimum atomic E-state index is -0.0340. The van der Waals surface area contributed by atoms with E-state index in [4.69, 9.17) is 4.74 Å². The number of hydrogen-bond acceptors (Lipinski definition) is 5. The van der Waals surface area contributed by atoms with Crippen LogP contribution in [0.3, 0.4) is 0 Å². The number of aryl methyl sites for hydroxylation is 1. The fourth-order valence-electron chi connectivity index (χ4n) is 1.79. The van der Waals surface area contributed by atoms with Crippen LogP contribution in [-0.4, -0.2) is 31.6 Å². The van der Waals surface area contributed by atoms with Crippen molar-refractivity contribution in [3.8, 4) is 5.75 Å². The molecule has 2 rings (SSSR count). The van der Waals surface area contributed by atoms with Crippen LogP contribution in [0.5, 0.6) is 5.75 Å². The number of nitrogens with zero attached hydrogens (tertiary/aromatic N) is 1. The lowest BCUT2D eigenvalue weighted by atomic mass is 10.2. The summed E-state index contributed by atoms with van der Waals surface area (Å²) in [5.41, 5.74) is 1.59. The Morgan fingerprint density at radius 1 is 1.47 bits per heavy atom. The lowest BCUT2D eigenvalue weighted by molar-refractivity contribution is -0.116. The molecule has 2 N–H and O–H groups in total. The summed E-state index contributed by atoms with van der Waals surface area (Å²) < 4.78 is 6.35. The number of benzene rings is 1. The fourth-order valence-corrected chi connectivity index (χ4v) is 2.64. The fraction of sp³-hybridized carbons (Fsp3) is 0.385. The van der Waals surface area contributed by atoms with E-state index in [0.29, 0.717) is 24.4 Å². The zero-order valence-electron chi connectivity index (χ0n) is 11.2. The molecule has 0 aliphatic rings. The maximum atomic E-state index is 11.8. The zero-order chi connectivity index (χ0) is 13.8. The Labute approximate surface area is 116 Å². The molecule has 1 aromatic heterocycles. The van der Waals surface area contributed by atoms with Gasteiger partial charge in [0.05, 0.1) is 28.0 Å². The highest BCUT2D eigenvalue weighted by Crippen LogP contribution is 2.33. The molecule has 19 heavy (non-hydrogen) atoms. The van der Waals surface area contributed by atoms with E-state index in [-0.39, 0.29) is 5.91 Å². The van der Waals surface area contributed by atoms with Crippen LogP contribution in [0.4, 0.5) is 5.69 Å². The molecule has 0 aliphatic heterocycles. The lowest BCUT2D eigenvalue weighted by Gasteiger charge is -2.10. The number of carbonyl (C=O) groups excluding carboxylic acids is 1.